The lowest BCUT2D eigenvalue weighted by Crippen LogP contribution is -2.14. The molecule has 0 aliphatic heterocycles. The van der Waals surface area contributed by atoms with Crippen LogP contribution in [0.2, 0.25) is 0 Å². The van der Waals surface area contributed by atoms with Crippen molar-refractivity contribution < 1.29 is 13.9 Å². The molecule has 0 saturated carbocycles. The third kappa shape index (κ3) is 3.95. The van der Waals surface area contributed by atoms with Gasteiger partial charge in [0, 0.05) is 6.08 Å². The Morgan fingerprint density at radius 3 is 2.67 bits per heavy atom. The van der Waals surface area contributed by atoms with Crippen molar-refractivity contribution >= 4 is 5.97 Å². The van der Waals surface area contributed by atoms with Gasteiger partial charge in [0.15, 0.2) is 0 Å². The normalized spacial score (nSPS) is 14.1. The van der Waals surface area contributed by atoms with Crippen LogP contribution in [0.15, 0.2) is 11.8 Å². The molecule has 3 nitrogen and oxygen atoms in total. The lowest BCUT2D eigenvalue weighted by atomic mass is 10.2. The molecule has 0 aliphatic rings. The summed E-state index contributed by atoms with van der Waals surface area (Å²) in [7, 11) is 0. The molecule has 70 valence electrons. The van der Waals surface area contributed by atoms with Crippen molar-refractivity contribution in [1.29, 1.82) is 0 Å². The van der Waals surface area contributed by atoms with E-state index in [2.05, 4.69) is 4.74 Å². The predicted octanol–water partition coefficient (Wildman–Crippen LogP) is 1.14. The Morgan fingerprint density at radius 1 is 1.67 bits per heavy atom. The summed E-state index contributed by atoms with van der Waals surface area (Å²) in [5.74, 6) is -0.592. The zero-order valence-electron chi connectivity index (χ0n) is 7.34. The van der Waals surface area contributed by atoms with Crippen LogP contribution in [0.3, 0.4) is 0 Å². The van der Waals surface area contributed by atoms with Gasteiger partial charge in [0.05, 0.1) is 12.3 Å². The second-order valence-electron chi connectivity index (χ2n) is 2.27. The number of esters is 1. The topological polar surface area (TPSA) is 52.3 Å². The molecule has 0 fully saturated rings. The van der Waals surface area contributed by atoms with Crippen LogP contribution < -0.4 is 5.73 Å². The fraction of sp³-hybridized carbons (Fsp3) is 0.625. The van der Waals surface area contributed by atoms with E-state index in [0.717, 1.165) is 6.08 Å². The number of allylic oxidation sites excluding steroid dienone is 1. The highest BCUT2D eigenvalue weighted by molar-refractivity contribution is 5.82. The van der Waals surface area contributed by atoms with Gasteiger partial charge in [0.2, 0.25) is 0 Å². The van der Waals surface area contributed by atoms with Crippen LogP contribution in [0.5, 0.6) is 0 Å². The average molecular weight is 175 g/mol. The smallest absolute Gasteiger partial charge is 0.332 e. The van der Waals surface area contributed by atoms with E-state index in [-0.39, 0.29) is 18.7 Å². The molecule has 0 spiro atoms. The second-order valence-corrected chi connectivity index (χ2v) is 2.27. The summed E-state index contributed by atoms with van der Waals surface area (Å²) < 4.78 is 17.3. The molecule has 0 amide bonds. The van der Waals surface area contributed by atoms with E-state index in [4.69, 9.17) is 5.73 Å². The van der Waals surface area contributed by atoms with Crippen LogP contribution in [0.25, 0.3) is 0 Å². The van der Waals surface area contributed by atoms with Crippen molar-refractivity contribution in [2.45, 2.75) is 26.4 Å². The number of hydrogen-bond donors (Lipinski definition) is 1. The Hall–Kier alpha value is -1.06. The first-order valence-electron chi connectivity index (χ1n) is 3.89. The van der Waals surface area contributed by atoms with Gasteiger partial charge in [-0.2, -0.15) is 0 Å². The van der Waals surface area contributed by atoms with Crippen LogP contribution in [0.1, 0.15) is 20.3 Å². The maximum atomic E-state index is 12.7. The molecule has 0 aromatic carbocycles. The molecule has 0 bridgehead atoms. The molecule has 1 atom stereocenters. The van der Waals surface area contributed by atoms with E-state index in [1.54, 1.807) is 13.8 Å². The quantitative estimate of drug-likeness (QED) is 0.515. The molecule has 0 heterocycles. The first-order valence-corrected chi connectivity index (χ1v) is 3.89. The van der Waals surface area contributed by atoms with Crippen LogP contribution in [-0.4, -0.2) is 18.7 Å². The molecule has 0 rings (SSSR count). The van der Waals surface area contributed by atoms with Crippen molar-refractivity contribution in [3.63, 3.8) is 0 Å². The van der Waals surface area contributed by atoms with Crippen molar-refractivity contribution in [2.24, 2.45) is 5.73 Å². The van der Waals surface area contributed by atoms with Crippen LogP contribution in [0.4, 0.5) is 4.39 Å². The average Bonchev–Trinajstić information content (AvgIpc) is 2.03. The minimum atomic E-state index is -1.26. The Morgan fingerprint density at radius 2 is 2.25 bits per heavy atom. The number of halogens is 1. The lowest BCUT2D eigenvalue weighted by molar-refractivity contribution is -0.137. The number of alkyl halides is 1. The maximum absolute atomic E-state index is 12.7. The number of ether oxygens (including phenoxy) is 1. The van der Waals surface area contributed by atoms with Gasteiger partial charge < -0.3 is 10.5 Å². The highest BCUT2D eigenvalue weighted by atomic mass is 19.1. The highest BCUT2D eigenvalue weighted by Crippen LogP contribution is 2.04. The molecule has 0 aliphatic carbocycles. The molecular formula is C8H14FNO2. The highest BCUT2D eigenvalue weighted by Gasteiger charge is 2.08. The fourth-order valence-electron chi connectivity index (χ4n) is 0.646. The standard InChI is InChI=1S/C8H14FNO2/c1-3-6(9)7(10)5-8(11)12-4-2/h5-6H,3-4,10H2,1-2H3. The summed E-state index contributed by atoms with van der Waals surface area (Å²) in [6, 6.07) is 0. The van der Waals surface area contributed by atoms with E-state index in [0.29, 0.717) is 0 Å². The summed E-state index contributed by atoms with van der Waals surface area (Å²) in [5, 5.41) is 0. The molecule has 0 aromatic rings. The van der Waals surface area contributed by atoms with Crippen molar-refractivity contribution in [2.75, 3.05) is 6.61 Å². The van der Waals surface area contributed by atoms with Crippen molar-refractivity contribution in [3.8, 4) is 0 Å². The molecular weight excluding hydrogens is 161 g/mol. The summed E-state index contributed by atoms with van der Waals surface area (Å²) in [4.78, 5) is 10.7. The van der Waals surface area contributed by atoms with E-state index in [1.807, 2.05) is 0 Å². The monoisotopic (exact) mass is 175 g/mol. The third-order valence-electron chi connectivity index (χ3n) is 1.29. The number of carbonyl (C=O) groups excluding carboxylic acids is 1. The summed E-state index contributed by atoms with van der Waals surface area (Å²) in [6.07, 6.45) is -0.00577. The van der Waals surface area contributed by atoms with Crippen molar-refractivity contribution in [1.82, 2.24) is 0 Å². The lowest BCUT2D eigenvalue weighted by Gasteiger charge is -2.04. The third-order valence-corrected chi connectivity index (χ3v) is 1.29. The molecule has 0 aromatic heterocycles. The van der Waals surface area contributed by atoms with Gasteiger partial charge in [-0.1, -0.05) is 6.92 Å². The SMILES string of the molecule is CCOC(=O)C=C(N)C(F)CC. The Bertz CT molecular complexity index is 180. The van der Waals surface area contributed by atoms with E-state index >= 15 is 0 Å². The van der Waals surface area contributed by atoms with Gasteiger partial charge in [-0.05, 0) is 13.3 Å². The van der Waals surface area contributed by atoms with Gasteiger partial charge in [-0.3, -0.25) is 0 Å². The van der Waals surface area contributed by atoms with Gasteiger partial charge in [-0.25, -0.2) is 9.18 Å². The first kappa shape index (κ1) is 10.9. The summed E-state index contributed by atoms with van der Waals surface area (Å²) >= 11 is 0. The van der Waals surface area contributed by atoms with Crippen molar-refractivity contribution in [3.05, 3.63) is 11.8 Å². The van der Waals surface area contributed by atoms with Gasteiger partial charge in [0.25, 0.3) is 0 Å². The Kier molecular flexibility index (Phi) is 5.08. The van der Waals surface area contributed by atoms with E-state index in [1.165, 1.54) is 0 Å². The van der Waals surface area contributed by atoms with Crippen LogP contribution in [-0.2, 0) is 9.53 Å². The first-order chi connectivity index (χ1) is 5.61. The predicted molar refractivity (Wildman–Crippen MR) is 44.1 cm³/mol. The zero-order valence-corrected chi connectivity index (χ0v) is 7.34. The largest absolute Gasteiger partial charge is 0.463 e. The van der Waals surface area contributed by atoms with Gasteiger partial charge >= 0.3 is 5.97 Å². The van der Waals surface area contributed by atoms with E-state index < -0.39 is 12.1 Å². The second kappa shape index (κ2) is 5.57. The fourth-order valence-corrected chi connectivity index (χ4v) is 0.646. The minimum absolute atomic E-state index is 0.0732. The van der Waals surface area contributed by atoms with Crippen LogP contribution >= 0.6 is 0 Å². The van der Waals surface area contributed by atoms with E-state index in [9.17, 15) is 9.18 Å². The molecule has 12 heavy (non-hydrogen) atoms. The number of rotatable bonds is 4. The minimum Gasteiger partial charge on any atom is -0.463 e. The molecule has 4 heteroatoms. The summed E-state index contributed by atoms with van der Waals surface area (Å²) in [5.41, 5.74) is 5.17. The number of nitrogens with two attached hydrogens (primary N) is 1. The summed E-state index contributed by atoms with van der Waals surface area (Å²) in [6.45, 7) is 3.59. The zero-order chi connectivity index (χ0) is 9.56. The Balaban J connectivity index is 4.05. The van der Waals surface area contributed by atoms with Crippen LogP contribution in [0, 0.1) is 0 Å². The maximum Gasteiger partial charge on any atom is 0.332 e. The number of carbonyl (C=O) groups is 1. The van der Waals surface area contributed by atoms with Gasteiger partial charge in [0.1, 0.15) is 6.17 Å². The molecule has 0 radical (unpaired) electrons. The Labute approximate surface area is 71.4 Å². The molecule has 1 unspecified atom stereocenters. The number of hydrogen-bond acceptors (Lipinski definition) is 3. The van der Waals surface area contributed by atoms with Gasteiger partial charge in [-0.15, -0.1) is 0 Å². The molecule has 2 N–H and O–H groups in total. The molecule has 0 saturated heterocycles.